The van der Waals surface area contributed by atoms with Crippen molar-refractivity contribution in [2.24, 2.45) is 5.73 Å². The van der Waals surface area contributed by atoms with E-state index in [2.05, 4.69) is 11.9 Å². The number of morpholine rings is 1. The van der Waals surface area contributed by atoms with Crippen molar-refractivity contribution < 1.29 is 14.2 Å². The van der Waals surface area contributed by atoms with Crippen molar-refractivity contribution in [3.63, 3.8) is 0 Å². The standard InChI is InChI=1S/C14H22N2O3/c1-16-6-7-19-13(9-16)14(15)11-5-4-10(17-2)8-12(11)18-3/h4-5,8,13-14H,6-7,9,15H2,1-3H3. The molecule has 5 heteroatoms. The van der Waals surface area contributed by atoms with Crippen LogP contribution in [0.3, 0.4) is 0 Å². The van der Waals surface area contributed by atoms with E-state index in [4.69, 9.17) is 19.9 Å². The van der Waals surface area contributed by atoms with Gasteiger partial charge < -0.3 is 24.8 Å². The first-order chi connectivity index (χ1) is 9.15. The second-order valence-corrected chi connectivity index (χ2v) is 4.81. The maximum Gasteiger partial charge on any atom is 0.127 e. The Morgan fingerprint density at radius 2 is 2.16 bits per heavy atom. The third-order valence-electron chi connectivity index (χ3n) is 3.50. The predicted octanol–water partition coefficient (Wildman–Crippen LogP) is 1.03. The summed E-state index contributed by atoms with van der Waals surface area (Å²) in [5.41, 5.74) is 7.28. The summed E-state index contributed by atoms with van der Waals surface area (Å²) in [4.78, 5) is 2.23. The van der Waals surface area contributed by atoms with Gasteiger partial charge in [0.2, 0.25) is 0 Å². The van der Waals surface area contributed by atoms with Gasteiger partial charge in [0.05, 0.1) is 33.0 Å². The summed E-state index contributed by atoms with van der Waals surface area (Å²) < 4.78 is 16.4. The zero-order valence-corrected chi connectivity index (χ0v) is 11.8. The average Bonchev–Trinajstić information content (AvgIpc) is 2.45. The molecule has 2 unspecified atom stereocenters. The van der Waals surface area contributed by atoms with Crippen LogP contribution in [-0.4, -0.2) is 52.0 Å². The highest BCUT2D eigenvalue weighted by Gasteiger charge is 2.27. The molecule has 2 N–H and O–H groups in total. The van der Waals surface area contributed by atoms with Crippen molar-refractivity contribution in [1.29, 1.82) is 0 Å². The molecule has 1 aromatic rings. The number of hydrogen-bond donors (Lipinski definition) is 1. The Morgan fingerprint density at radius 1 is 1.37 bits per heavy atom. The molecule has 1 aliphatic rings. The van der Waals surface area contributed by atoms with Gasteiger partial charge in [-0.15, -0.1) is 0 Å². The lowest BCUT2D eigenvalue weighted by atomic mass is 10.00. The van der Waals surface area contributed by atoms with Crippen LogP contribution in [-0.2, 0) is 4.74 Å². The molecule has 0 aliphatic carbocycles. The molecule has 2 rings (SSSR count). The highest BCUT2D eigenvalue weighted by Crippen LogP contribution is 2.31. The van der Waals surface area contributed by atoms with Gasteiger partial charge >= 0.3 is 0 Å². The number of nitrogens with zero attached hydrogens (tertiary/aromatic N) is 1. The maximum atomic E-state index is 6.33. The van der Waals surface area contributed by atoms with Crippen LogP contribution >= 0.6 is 0 Å². The van der Waals surface area contributed by atoms with Crippen LogP contribution in [0.15, 0.2) is 18.2 Å². The van der Waals surface area contributed by atoms with Gasteiger partial charge in [-0.3, -0.25) is 0 Å². The second kappa shape index (κ2) is 6.23. The minimum atomic E-state index is -0.205. The molecule has 0 radical (unpaired) electrons. The van der Waals surface area contributed by atoms with E-state index < -0.39 is 0 Å². The number of methoxy groups -OCH3 is 2. The van der Waals surface area contributed by atoms with Gasteiger partial charge in [-0.05, 0) is 19.2 Å². The number of likely N-dealkylation sites (N-methyl/N-ethyl adjacent to an activating group) is 1. The lowest BCUT2D eigenvalue weighted by molar-refractivity contribution is -0.0329. The van der Waals surface area contributed by atoms with Gasteiger partial charge in [0.25, 0.3) is 0 Å². The van der Waals surface area contributed by atoms with Gasteiger partial charge in [-0.2, -0.15) is 0 Å². The fraction of sp³-hybridized carbons (Fsp3) is 0.571. The summed E-state index contributed by atoms with van der Waals surface area (Å²) >= 11 is 0. The number of ether oxygens (including phenoxy) is 3. The molecule has 0 spiro atoms. The minimum absolute atomic E-state index is 0.0129. The molecule has 19 heavy (non-hydrogen) atoms. The third-order valence-corrected chi connectivity index (χ3v) is 3.50. The van der Waals surface area contributed by atoms with Gasteiger partial charge in [0.15, 0.2) is 0 Å². The van der Waals surface area contributed by atoms with Crippen LogP contribution in [0, 0.1) is 0 Å². The predicted molar refractivity (Wildman–Crippen MR) is 73.7 cm³/mol. The van der Waals surface area contributed by atoms with Crippen molar-refractivity contribution in [2.75, 3.05) is 41.0 Å². The second-order valence-electron chi connectivity index (χ2n) is 4.81. The molecule has 2 atom stereocenters. The molecular weight excluding hydrogens is 244 g/mol. The molecule has 0 amide bonds. The first-order valence-electron chi connectivity index (χ1n) is 6.43. The van der Waals surface area contributed by atoms with E-state index in [1.54, 1.807) is 14.2 Å². The number of benzene rings is 1. The zero-order chi connectivity index (χ0) is 13.8. The van der Waals surface area contributed by atoms with Crippen molar-refractivity contribution in [1.82, 2.24) is 4.90 Å². The van der Waals surface area contributed by atoms with E-state index in [9.17, 15) is 0 Å². The lowest BCUT2D eigenvalue weighted by Gasteiger charge is -2.34. The van der Waals surface area contributed by atoms with Crippen LogP contribution < -0.4 is 15.2 Å². The molecule has 5 nitrogen and oxygen atoms in total. The van der Waals surface area contributed by atoms with Gasteiger partial charge in [0.1, 0.15) is 11.5 Å². The van der Waals surface area contributed by atoms with Crippen molar-refractivity contribution in [3.8, 4) is 11.5 Å². The van der Waals surface area contributed by atoms with E-state index in [0.29, 0.717) is 6.61 Å². The quantitative estimate of drug-likeness (QED) is 0.882. The number of rotatable bonds is 4. The summed E-state index contributed by atoms with van der Waals surface area (Å²) in [6.45, 7) is 2.49. The van der Waals surface area contributed by atoms with Crippen LogP contribution in [0.2, 0.25) is 0 Å². The van der Waals surface area contributed by atoms with Crippen LogP contribution in [0.1, 0.15) is 11.6 Å². The Bertz CT molecular complexity index is 425. The molecule has 0 saturated carbocycles. The number of nitrogens with two attached hydrogens (primary N) is 1. The third kappa shape index (κ3) is 3.18. The fourth-order valence-corrected chi connectivity index (χ4v) is 2.32. The maximum absolute atomic E-state index is 6.33. The summed E-state index contributed by atoms with van der Waals surface area (Å²) in [6.07, 6.45) is -0.0129. The van der Waals surface area contributed by atoms with Crippen LogP contribution in [0.25, 0.3) is 0 Å². The van der Waals surface area contributed by atoms with Crippen LogP contribution in [0.5, 0.6) is 11.5 Å². The van der Waals surface area contributed by atoms with Gasteiger partial charge in [0, 0.05) is 24.7 Å². The Hall–Kier alpha value is -1.30. The van der Waals surface area contributed by atoms with E-state index in [0.717, 1.165) is 30.2 Å². The van der Waals surface area contributed by atoms with Gasteiger partial charge in [-0.1, -0.05) is 0 Å². The molecule has 1 saturated heterocycles. The Labute approximate surface area is 114 Å². The largest absolute Gasteiger partial charge is 0.497 e. The topological polar surface area (TPSA) is 57.0 Å². The van der Waals surface area contributed by atoms with Crippen molar-refractivity contribution >= 4 is 0 Å². The lowest BCUT2D eigenvalue weighted by Crippen LogP contribution is -2.45. The molecule has 106 valence electrons. The van der Waals surface area contributed by atoms with Crippen molar-refractivity contribution in [3.05, 3.63) is 23.8 Å². The first kappa shape index (κ1) is 14.1. The monoisotopic (exact) mass is 266 g/mol. The van der Waals surface area contributed by atoms with E-state index >= 15 is 0 Å². The van der Waals surface area contributed by atoms with E-state index in [1.807, 2.05) is 18.2 Å². The molecule has 1 aromatic carbocycles. The smallest absolute Gasteiger partial charge is 0.127 e. The van der Waals surface area contributed by atoms with E-state index in [1.165, 1.54) is 0 Å². The van der Waals surface area contributed by atoms with Gasteiger partial charge in [-0.25, -0.2) is 0 Å². The average molecular weight is 266 g/mol. The molecule has 0 aromatic heterocycles. The number of hydrogen-bond acceptors (Lipinski definition) is 5. The Kier molecular flexibility index (Phi) is 4.63. The summed E-state index contributed by atoms with van der Waals surface area (Å²) in [6, 6.07) is 5.48. The Balaban J connectivity index is 2.20. The highest BCUT2D eigenvalue weighted by molar-refractivity contribution is 5.42. The molecule has 1 heterocycles. The van der Waals surface area contributed by atoms with Crippen LogP contribution in [0.4, 0.5) is 0 Å². The fourth-order valence-electron chi connectivity index (χ4n) is 2.32. The molecule has 1 fully saturated rings. The minimum Gasteiger partial charge on any atom is -0.497 e. The zero-order valence-electron chi connectivity index (χ0n) is 11.8. The first-order valence-corrected chi connectivity index (χ1v) is 6.43. The SMILES string of the molecule is COc1ccc(C(N)C2CN(C)CCO2)c(OC)c1. The summed E-state index contributed by atoms with van der Waals surface area (Å²) in [5.74, 6) is 1.50. The molecule has 0 bridgehead atoms. The normalized spacial score (nSPS) is 22.0. The summed E-state index contributed by atoms with van der Waals surface area (Å²) in [7, 11) is 5.35. The molecular formula is C14H22N2O3. The molecule has 1 aliphatic heterocycles. The van der Waals surface area contributed by atoms with Crippen molar-refractivity contribution in [2.45, 2.75) is 12.1 Å². The summed E-state index contributed by atoms with van der Waals surface area (Å²) in [5, 5.41) is 0. The Morgan fingerprint density at radius 3 is 2.79 bits per heavy atom. The highest BCUT2D eigenvalue weighted by atomic mass is 16.5. The van der Waals surface area contributed by atoms with E-state index in [-0.39, 0.29) is 12.1 Å².